The quantitative estimate of drug-likeness (QED) is 0.738. The summed E-state index contributed by atoms with van der Waals surface area (Å²) in [5.74, 6) is -1.39. The van der Waals surface area contributed by atoms with Crippen LogP contribution in [0.15, 0.2) is 24.3 Å². The summed E-state index contributed by atoms with van der Waals surface area (Å²) in [5, 5.41) is 11.9. The number of carbonyl (C=O) groups excluding carboxylic acids is 1. The molecule has 0 unspecified atom stereocenters. The van der Waals surface area contributed by atoms with Crippen LogP contribution in [0.1, 0.15) is 25.3 Å². The Morgan fingerprint density at radius 1 is 1.43 bits per heavy atom. The van der Waals surface area contributed by atoms with Crippen LogP contribution < -0.4 is 5.32 Å². The Morgan fingerprint density at radius 3 is 2.62 bits per heavy atom. The van der Waals surface area contributed by atoms with Crippen molar-refractivity contribution in [2.24, 2.45) is 0 Å². The summed E-state index contributed by atoms with van der Waals surface area (Å²) in [6, 6.07) is 6.63. The van der Waals surface area contributed by atoms with Gasteiger partial charge in [-0.25, -0.2) is 4.79 Å². The molecule has 0 spiro atoms. The Labute approximate surface area is 137 Å². The first kappa shape index (κ1) is 16.2. The smallest absolute Gasteiger partial charge is 0.326 e. The van der Waals surface area contributed by atoms with Crippen LogP contribution in [0.5, 0.6) is 0 Å². The molecule has 1 aliphatic heterocycles. The van der Waals surface area contributed by atoms with Gasteiger partial charge in [0.2, 0.25) is 0 Å². The Bertz CT molecular complexity index is 523. The van der Waals surface area contributed by atoms with E-state index < -0.39 is 17.6 Å². The Balaban J connectivity index is 2.04. The van der Waals surface area contributed by atoms with Gasteiger partial charge in [-0.2, -0.15) is 0 Å². The van der Waals surface area contributed by atoms with Crippen molar-refractivity contribution in [1.82, 2.24) is 5.32 Å². The third-order valence-corrected chi connectivity index (χ3v) is 4.37. The standard InChI is InChI=1S/C15H18INO4/c1-15(7-2-8-21-15)14(20)17-12(13(18)19)9-10-3-5-11(16)6-4-10/h3-6,12H,2,7-9H2,1H3,(H,17,20)(H,18,19)/t12-,15+/m0/s1. The van der Waals surface area contributed by atoms with Crippen molar-refractivity contribution in [3.8, 4) is 0 Å². The molecule has 1 saturated heterocycles. The van der Waals surface area contributed by atoms with Crippen molar-refractivity contribution < 1.29 is 19.4 Å². The van der Waals surface area contributed by atoms with Crippen molar-refractivity contribution in [1.29, 1.82) is 0 Å². The van der Waals surface area contributed by atoms with E-state index >= 15 is 0 Å². The maximum atomic E-state index is 12.2. The van der Waals surface area contributed by atoms with E-state index in [1.165, 1.54) is 0 Å². The number of carbonyl (C=O) groups is 2. The molecule has 21 heavy (non-hydrogen) atoms. The molecule has 1 aromatic carbocycles. The second-order valence-corrected chi connectivity index (χ2v) is 6.62. The van der Waals surface area contributed by atoms with E-state index in [-0.39, 0.29) is 12.3 Å². The van der Waals surface area contributed by atoms with Gasteiger partial charge >= 0.3 is 5.97 Å². The van der Waals surface area contributed by atoms with Crippen molar-refractivity contribution in [3.63, 3.8) is 0 Å². The molecule has 1 amide bonds. The molecular formula is C15H18INO4. The van der Waals surface area contributed by atoms with Gasteiger partial charge in [-0.05, 0) is 60.1 Å². The third-order valence-electron chi connectivity index (χ3n) is 3.66. The second-order valence-electron chi connectivity index (χ2n) is 5.38. The number of hydrogen-bond acceptors (Lipinski definition) is 3. The minimum atomic E-state index is -1.04. The van der Waals surface area contributed by atoms with Crippen LogP contribution in [0, 0.1) is 3.57 Å². The highest BCUT2D eigenvalue weighted by Crippen LogP contribution is 2.25. The highest BCUT2D eigenvalue weighted by Gasteiger charge is 2.39. The molecular weight excluding hydrogens is 385 g/mol. The van der Waals surface area contributed by atoms with Gasteiger partial charge in [0.25, 0.3) is 5.91 Å². The summed E-state index contributed by atoms with van der Waals surface area (Å²) >= 11 is 2.19. The summed E-state index contributed by atoms with van der Waals surface area (Å²) < 4.78 is 6.53. The minimum Gasteiger partial charge on any atom is -0.480 e. The molecule has 2 N–H and O–H groups in total. The molecule has 1 aromatic rings. The monoisotopic (exact) mass is 403 g/mol. The molecule has 0 aromatic heterocycles. The molecule has 6 heteroatoms. The van der Waals surface area contributed by atoms with Crippen molar-refractivity contribution in [3.05, 3.63) is 33.4 Å². The lowest BCUT2D eigenvalue weighted by Crippen LogP contribution is -2.51. The summed E-state index contributed by atoms with van der Waals surface area (Å²) in [6.07, 6.45) is 1.70. The molecule has 0 radical (unpaired) electrons. The maximum absolute atomic E-state index is 12.2. The molecule has 1 aliphatic rings. The average Bonchev–Trinajstić information content (AvgIpc) is 2.88. The zero-order valence-corrected chi connectivity index (χ0v) is 13.9. The molecule has 5 nitrogen and oxygen atoms in total. The normalized spacial score (nSPS) is 22.8. The number of aliphatic carboxylic acids is 1. The number of benzene rings is 1. The third kappa shape index (κ3) is 4.16. The zero-order chi connectivity index (χ0) is 15.5. The van der Waals surface area contributed by atoms with Gasteiger partial charge in [0.05, 0.1) is 0 Å². The van der Waals surface area contributed by atoms with Crippen LogP contribution in [0.25, 0.3) is 0 Å². The largest absolute Gasteiger partial charge is 0.480 e. The fraction of sp³-hybridized carbons (Fsp3) is 0.467. The Kier molecular flexibility index (Phi) is 5.21. The number of rotatable bonds is 5. The first-order valence-corrected chi connectivity index (χ1v) is 7.91. The van der Waals surface area contributed by atoms with E-state index in [1.807, 2.05) is 24.3 Å². The van der Waals surface area contributed by atoms with Crippen LogP contribution >= 0.6 is 22.6 Å². The number of hydrogen-bond donors (Lipinski definition) is 2. The Hall–Kier alpha value is -1.15. The lowest BCUT2D eigenvalue weighted by atomic mass is 10.00. The predicted molar refractivity (Wildman–Crippen MR) is 86.0 cm³/mol. The molecule has 114 valence electrons. The topological polar surface area (TPSA) is 75.6 Å². The molecule has 1 heterocycles. The number of nitrogens with one attached hydrogen (secondary N) is 1. The number of carboxylic acid groups (broad SMARTS) is 1. The molecule has 2 rings (SSSR count). The lowest BCUT2D eigenvalue weighted by molar-refractivity contribution is -0.147. The Morgan fingerprint density at radius 2 is 2.10 bits per heavy atom. The van der Waals surface area contributed by atoms with Crippen LogP contribution in [-0.2, 0) is 20.7 Å². The summed E-state index contributed by atoms with van der Waals surface area (Å²) in [5.41, 5.74) is -0.0274. The van der Waals surface area contributed by atoms with Gasteiger partial charge < -0.3 is 15.2 Å². The summed E-state index contributed by atoms with van der Waals surface area (Å²) in [7, 11) is 0. The van der Waals surface area contributed by atoms with E-state index in [0.29, 0.717) is 13.0 Å². The van der Waals surface area contributed by atoms with Crippen molar-refractivity contribution in [2.45, 2.75) is 37.8 Å². The highest BCUT2D eigenvalue weighted by molar-refractivity contribution is 14.1. The minimum absolute atomic E-state index is 0.258. The summed E-state index contributed by atoms with van der Waals surface area (Å²) in [4.78, 5) is 23.6. The van der Waals surface area contributed by atoms with Crippen LogP contribution in [-0.4, -0.2) is 35.2 Å². The van der Waals surface area contributed by atoms with Crippen molar-refractivity contribution in [2.75, 3.05) is 6.61 Å². The molecule has 2 atom stereocenters. The van der Waals surface area contributed by atoms with Crippen LogP contribution in [0.4, 0.5) is 0 Å². The fourth-order valence-electron chi connectivity index (χ4n) is 2.33. The van der Waals surface area contributed by atoms with E-state index in [9.17, 15) is 14.7 Å². The second kappa shape index (κ2) is 6.74. The fourth-order valence-corrected chi connectivity index (χ4v) is 2.68. The van der Waals surface area contributed by atoms with E-state index in [2.05, 4.69) is 27.9 Å². The van der Waals surface area contributed by atoms with Crippen LogP contribution in [0.2, 0.25) is 0 Å². The van der Waals surface area contributed by atoms with E-state index in [1.54, 1.807) is 6.92 Å². The van der Waals surface area contributed by atoms with E-state index in [4.69, 9.17) is 4.74 Å². The average molecular weight is 403 g/mol. The first-order chi connectivity index (χ1) is 9.90. The molecule has 0 saturated carbocycles. The number of ether oxygens (including phenoxy) is 1. The van der Waals surface area contributed by atoms with Crippen LogP contribution in [0.3, 0.4) is 0 Å². The predicted octanol–water partition coefficient (Wildman–Crippen LogP) is 1.97. The SMILES string of the molecule is C[C@]1(C(=O)N[C@@H](Cc2ccc(I)cc2)C(=O)O)CCCO1. The number of carboxylic acids is 1. The van der Waals surface area contributed by atoms with Gasteiger partial charge in [0.1, 0.15) is 11.6 Å². The summed E-state index contributed by atoms with van der Waals surface area (Å²) in [6.45, 7) is 2.25. The van der Waals surface area contributed by atoms with Crippen molar-refractivity contribution >= 4 is 34.5 Å². The first-order valence-electron chi connectivity index (χ1n) is 6.83. The lowest BCUT2D eigenvalue weighted by Gasteiger charge is -2.24. The maximum Gasteiger partial charge on any atom is 0.326 e. The molecule has 1 fully saturated rings. The molecule has 0 aliphatic carbocycles. The zero-order valence-electron chi connectivity index (χ0n) is 11.8. The molecule has 0 bridgehead atoms. The number of amides is 1. The van der Waals surface area contributed by atoms with Gasteiger partial charge in [0, 0.05) is 16.6 Å². The highest BCUT2D eigenvalue weighted by atomic mass is 127. The number of halogens is 1. The van der Waals surface area contributed by atoms with Gasteiger partial charge in [0.15, 0.2) is 0 Å². The van der Waals surface area contributed by atoms with Gasteiger partial charge in [-0.3, -0.25) is 4.79 Å². The van der Waals surface area contributed by atoms with E-state index in [0.717, 1.165) is 15.6 Å². The van der Waals surface area contributed by atoms with Gasteiger partial charge in [-0.15, -0.1) is 0 Å². The van der Waals surface area contributed by atoms with Gasteiger partial charge in [-0.1, -0.05) is 12.1 Å².